The lowest BCUT2D eigenvalue weighted by Crippen LogP contribution is -2.31. The van der Waals surface area contributed by atoms with E-state index < -0.39 is 11.9 Å². The van der Waals surface area contributed by atoms with Crippen molar-refractivity contribution in [3.8, 4) is 0 Å². The summed E-state index contributed by atoms with van der Waals surface area (Å²) in [5.41, 5.74) is 6.89. The van der Waals surface area contributed by atoms with Crippen LogP contribution >= 0.6 is 11.6 Å². The Morgan fingerprint density at radius 3 is 2.33 bits per heavy atom. The molecule has 2 aromatic carbocycles. The van der Waals surface area contributed by atoms with E-state index in [2.05, 4.69) is 5.32 Å². The fourth-order valence-electron chi connectivity index (χ4n) is 2.14. The lowest BCUT2D eigenvalue weighted by atomic mass is 9.98. The second-order valence-corrected chi connectivity index (χ2v) is 5.03. The molecule has 5 heteroatoms. The summed E-state index contributed by atoms with van der Waals surface area (Å²) >= 11 is 6.06. The molecular formula is C16H15ClN2O2. The molecule has 0 aliphatic rings. The molecule has 0 aromatic heterocycles. The molecule has 0 saturated heterocycles. The van der Waals surface area contributed by atoms with Crippen molar-refractivity contribution in [1.29, 1.82) is 0 Å². The number of primary amides is 1. The largest absolute Gasteiger partial charge is 0.368 e. The lowest BCUT2D eigenvalue weighted by molar-refractivity contribution is -0.120. The quantitative estimate of drug-likeness (QED) is 0.833. The van der Waals surface area contributed by atoms with Gasteiger partial charge in [0, 0.05) is 16.1 Å². The number of nitrogens with two attached hydrogens (primary N) is 1. The highest BCUT2D eigenvalue weighted by atomic mass is 35.5. The molecule has 0 aliphatic heterocycles. The minimum Gasteiger partial charge on any atom is -0.368 e. The minimum atomic E-state index is -0.689. The number of rotatable bonds is 5. The third-order valence-corrected chi connectivity index (χ3v) is 3.34. The Hall–Kier alpha value is -2.17. The first-order chi connectivity index (χ1) is 10.0. The summed E-state index contributed by atoms with van der Waals surface area (Å²) in [6, 6.07) is 13.0. The number of carbonyl (C=O) groups is 2. The molecule has 21 heavy (non-hydrogen) atoms. The normalized spacial score (nSPS) is 11.9. The Balaban J connectivity index is 2.44. The van der Waals surface area contributed by atoms with Gasteiger partial charge in [-0.25, -0.2) is 0 Å². The highest BCUT2D eigenvalue weighted by molar-refractivity contribution is 6.31. The van der Waals surface area contributed by atoms with Crippen LogP contribution < -0.4 is 11.1 Å². The third kappa shape index (κ3) is 3.48. The zero-order chi connectivity index (χ0) is 15.4. The number of likely N-dealkylation sites (N-methyl/N-ethyl adjacent to an activating group) is 1. The van der Waals surface area contributed by atoms with Gasteiger partial charge in [0.25, 0.3) is 0 Å². The van der Waals surface area contributed by atoms with E-state index in [1.165, 1.54) is 0 Å². The summed E-state index contributed by atoms with van der Waals surface area (Å²) < 4.78 is 0. The van der Waals surface area contributed by atoms with Crippen LogP contribution in [0.2, 0.25) is 5.02 Å². The maximum absolute atomic E-state index is 12.4. The van der Waals surface area contributed by atoms with Gasteiger partial charge in [-0.15, -0.1) is 0 Å². The van der Waals surface area contributed by atoms with E-state index in [4.69, 9.17) is 17.3 Å². The van der Waals surface area contributed by atoms with Gasteiger partial charge in [0.15, 0.2) is 5.78 Å². The summed E-state index contributed by atoms with van der Waals surface area (Å²) in [4.78, 5) is 23.9. The summed E-state index contributed by atoms with van der Waals surface area (Å²) in [6.45, 7) is 0. The molecule has 0 saturated carbocycles. The molecule has 0 fully saturated rings. The van der Waals surface area contributed by atoms with Crippen molar-refractivity contribution in [2.75, 3.05) is 7.05 Å². The van der Waals surface area contributed by atoms with E-state index >= 15 is 0 Å². The van der Waals surface area contributed by atoms with Crippen LogP contribution in [-0.4, -0.2) is 18.7 Å². The Morgan fingerprint density at radius 1 is 1.10 bits per heavy atom. The fourth-order valence-corrected chi connectivity index (χ4v) is 2.38. The molecule has 108 valence electrons. The Bertz CT molecular complexity index is 671. The first-order valence-electron chi connectivity index (χ1n) is 6.39. The molecule has 3 N–H and O–H groups in total. The average Bonchev–Trinajstić information content (AvgIpc) is 2.47. The van der Waals surface area contributed by atoms with E-state index in [1.807, 2.05) is 6.07 Å². The van der Waals surface area contributed by atoms with Gasteiger partial charge in [0.05, 0.1) is 0 Å². The first kappa shape index (κ1) is 15.2. The molecule has 0 bridgehead atoms. The number of nitrogens with one attached hydrogen (secondary N) is 1. The van der Waals surface area contributed by atoms with Gasteiger partial charge < -0.3 is 11.1 Å². The Kier molecular flexibility index (Phi) is 4.73. The van der Waals surface area contributed by atoms with Crippen molar-refractivity contribution >= 4 is 23.3 Å². The lowest BCUT2D eigenvalue weighted by Gasteiger charge is -2.14. The molecule has 0 spiro atoms. The Labute approximate surface area is 127 Å². The minimum absolute atomic E-state index is 0.154. The van der Waals surface area contributed by atoms with Crippen LogP contribution in [0, 0.1) is 0 Å². The van der Waals surface area contributed by atoms with Gasteiger partial charge in [0.2, 0.25) is 5.91 Å². The number of hydrogen-bond donors (Lipinski definition) is 2. The van der Waals surface area contributed by atoms with E-state index in [9.17, 15) is 9.59 Å². The van der Waals surface area contributed by atoms with Crippen molar-refractivity contribution in [2.45, 2.75) is 6.04 Å². The van der Waals surface area contributed by atoms with Gasteiger partial charge in [-0.2, -0.15) is 0 Å². The average molecular weight is 303 g/mol. The van der Waals surface area contributed by atoms with Gasteiger partial charge in [-0.3, -0.25) is 9.59 Å². The topological polar surface area (TPSA) is 72.2 Å². The molecule has 1 unspecified atom stereocenters. The van der Waals surface area contributed by atoms with Crippen molar-refractivity contribution in [3.05, 3.63) is 70.2 Å². The van der Waals surface area contributed by atoms with E-state index in [1.54, 1.807) is 49.5 Å². The molecular weight excluding hydrogens is 288 g/mol. The number of benzene rings is 2. The summed E-state index contributed by atoms with van der Waals surface area (Å²) in [7, 11) is 1.62. The predicted molar refractivity (Wildman–Crippen MR) is 82.3 cm³/mol. The number of hydrogen-bond acceptors (Lipinski definition) is 3. The third-order valence-electron chi connectivity index (χ3n) is 3.12. The molecule has 0 radical (unpaired) electrons. The molecule has 1 atom stereocenters. The monoisotopic (exact) mass is 302 g/mol. The van der Waals surface area contributed by atoms with Gasteiger partial charge in [-0.05, 0) is 30.8 Å². The Morgan fingerprint density at radius 2 is 1.76 bits per heavy atom. The number of carbonyl (C=O) groups excluding carboxylic acids is 2. The first-order valence-corrected chi connectivity index (χ1v) is 6.77. The van der Waals surface area contributed by atoms with Crippen LogP contribution in [0.3, 0.4) is 0 Å². The molecule has 0 aliphatic carbocycles. The van der Waals surface area contributed by atoms with Crippen molar-refractivity contribution in [3.63, 3.8) is 0 Å². The second-order valence-electron chi connectivity index (χ2n) is 4.59. The smallest absolute Gasteiger partial charge is 0.239 e. The predicted octanol–water partition coefficient (Wildman–Crippen LogP) is 2.32. The highest BCUT2D eigenvalue weighted by Crippen LogP contribution is 2.22. The van der Waals surface area contributed by atoms with Crippen LogP contribution in [0.15, 0.2) is 48.5 Å². The zero-order valence-corrected chi connectivity index (χ0v) is 12.2. The van der Waals surface area contributed by atoms with Crippen LogP contribution in [-0.2, 0) is 4.79 Å². The molecule has 4 nitrogen and oxygen atoms in total. The number of halogens is 1. The summed E-state index contributed by atoms with van der Waals surface area (Å²) in [5, 5.41) is 3.19. The molecule has 0 heterocycles. The SMILES string of the molecule is CNC(C(N)=O)c1cc(Cl)cc(C(=O)c2ccccc2)c1. The van der Waals surface area contributed by atoms with Crippen LogP contribution in [0.4, 0.5) is 0 Å². The summed E-state index contributed by atoms with van der Waals surface area (Å²) in [5.74, 6) is -0.684. The standard InChI is InChI=1S/C16H15ClN2O2/c1-19-14(16(18)21)11-7-12(9-13(17)8-11)15(20)10-5-3-2-4-6-10/h2-9,14,19H,1H3,(H2,18,21). The number of amides is 1. The highest BCUT2D eigenvalue weighted by Gasteiger charge is 2.18. The van der Waals surface area contributed by atoms with E-state index in [0.717, 1.165) is 0 Å². The van der Waals surface area contributed by atoms with Crippen molar-refractivity contribution < 1.29 is 9.59 Å². The molecule has 2 aromatic rings. The van der Waals surface area contributed by atoms with E-state index in [-0.39, 0.29) is 5.78 Å². The molecule has 2 rings (SSSR count). The van der Waals surface area contributed by atoms with Crippen LogP contribution in [0.1, 0.15) is 27.5 Å². The van der Waals surface area contributed by atoms with E-state index in [0.29, 0.717) is 21.7 Å². The maximum Gasteiger partial charge on any atom is 0.239 e. The van der Waals surface area contributed by atoms with Crippen LogP contribution in [0.5, 0.6) is 0 Å². The van der Waals surface area contributed by atoms with Gasteiger partial charge in [0.1, 0.15) is 6.04 Å². The number of ketones is 1. The summed E-state index contributed by atoms with van der Waals surface area (Å²) in [6.07, 6.45) is 0. The zero-order valence-electron chi connectivity index (χ0n) is 11.5. The molecule has 1 amide bonds. The van der Waals surface area contributed by atoms with Crippen LogP contribution in [0.25, 0.3) is 0 Å². The van der Waals surface area contributed by atoms with Gasteiger partial charge in [-0.1, -0.05) is 41.9 Å². The fraction of sp³-hybridized carbons (Fsp3) is 0.125. The maximum atomic E-state index is 12.4. The van der Waals surface area contributed by atoms with Gasteiger partial charge >= 0.3 is 0 Å². The second kappa shape index (κ2) is 6.52. The van der Waals surface area contributed by atoms with Crippen molar-refractivity contribution in [2.24, 2.45) is 5.73 Å². The van der Waals surface area contributed by atoms with Crippen molar-refractivity contribution in [1.82, 2.24) is 5.32 Å².